The van der Waals surface area contributed by atoms with E-state index in [9.17, 15) is 0 Å². The number of hydrogen-bond donors (Lipinski definition) is 0. The van der Waals surface area contributed by atoms with Gasteiger partial charge in [-0.25, -0.2) is 0 Å². The van der Waals surface area contributed by atoms with Gasteiger partial charge in [-0.05, 0) is 41.8 Å². The molecule has 17 heavy (non-hydrogen) atoms. The second kappa shape index (κ2) is 5.35. The predicted molar refractivity (Wildman–Crippen MR) is 70.9 cm³/mol. The quantitative estimate of drug-likeness (QED) is 0.716. The summed E-state index contributed by atoms with van der Waals surface area (Å²) < 4.78 is 5.12. The van der Waals surface area contributed by atoms with Crippen LogP contribution in [-0.2, 0) is 0 Å². The highest BCUT2D eigenvalue weighted by Crippen LogP contribution is 2.17. The molecule has 0 aliphatic rings. The monoisotopic (exact) mass is 223 g/mol. The highest BCUT2D eigenvalue weighted by Gasteiger charge is 1.96. The Morgan fingerprint density at radius 2 is 1.59 bits per heavy atom. The van der Waals surface area contributed by atoms with Crippen LogP contribution in [0.2, 0.25) is 0 Å². The summed E-state index contributed by atoms with van der Waals surface area (Å²) in [6, 6.07) is 18.2. The molecule has 0 heterocycles. The molecule has 0 aliphatic carbocycles. The Bertz CT molecular complexity index is 495. The maximum absolute atomic E-state index is 5.12. The Morgan fingerprint density at radius 1 is 0.941 bits per heavy atom. The van der Waals surface area contributed by atoms with Crippen LogP contribution in [0.1, 0.15) is 18.1 Å². The number of ether oxygens (including phenoxy) is 1. The SMILES string of the molecule is COc1ccc([C]=C(C)c2ccccc2)cc1. The molecule has 0 aromatic heterocycles. The zero-order valence-electron chi connectivity index (χ0n) is 10.1. The lowest BCUT2D eigenvalue weighted by atomic mass is 10.0. The lowest BCUT2D eigenvalue weighted by Crippen LogP contribution is -1.84. The van der Waals surface area contributed by atoms with Crippen molar-refractivity contribution in [2.75, 3.05) is 7.11 Å². The topological polar surface area (TPSA) is 9.23 Å². The number of methoxy groups -OCH3 is 1. The standard InChI is InChI=1S/C16H15O/c1-13(15-6-4-3-5-7-15)12-14-8-10-16(17-2)11-9-14/h3-11H,1-2H3. The third kappa shape index (κ3) is 2.97. The fraction of sp³-hybridized carbons (Fsp3) is 0.125. The van der Waals surface area contributed by atoms with E-state index in [2.05, 4.69) is 25.1 Å². The number of benzene rings is 2. The summed E-state index contributed by atoms with van der Waals surface area (Å²) in [5.74, 6) is 0.868. The first kappa shape index (κ1) is 11.5. The van der Waals surface area contributed by atoms with Crippen molar-refractivity contribution in [2.45, 2.75) is 6.92 Å². The van der Waals surface area contributed by atoms with Crippen LogP contribution in [0.5, 0.6) is 5.75 Å². The molecule has 0 saturated heterocycles. The van der Waals surface area contributed by atoms with E-state index in [1.54, 1.807) is 7.11 Å². The van der Waals surface area contributed by atoms with Crippen molar-refractivity contribution in [1.82, 2.24) is 0 Å². The highest BCUT2D eigenvalue weighted by atomic mass is 16.5. The van der Waals surface area contributed by atoms with Gasteiger partial charge in [0.05, 0.1) is 7.11 Å². The van der Waals surface area contributed by atoms with E-state index in [1.165, 1.54) is 5.56 Å². The average Bonchev–Trinajstić information content (AvgIpc) is 2.40. The molecule has 0 bridgehead atoms. The predicted octanol–water partition coefficient (Wildman–Crippen LogP) is 3.95. The molecule has 0 N–H and O–H groups in total. The molecule has 85 valence electrons. The van der Waals surface area contributed by atoms with Crippen molar-refractivity contribution in [3.63, 3.8) is 0 Å². The van der Waals surface area contributed by atoms with Crippen LogP contribution in [0, 0.1) is 6.08 Å². The summed E-state index contributed by atoms with van der Waals surface area (Å²) in [6.07, 6.45) is 3.37. The number of allylic oxidation sites excluding steroid dienone is 1. The minimum absolute atomic E-state index is 0.868. The Morgan fingerprint density at radius 3 is 2.18 bits per heavy atom. The van der Waals surface area contributed by atoms with E-state index in [4.69, 9.17) is 4.74 Å². The van der Waals surface area contributed by atoms with Gasteiger partial charge in [0.25, 0.3) is 0 Å². The van der Waals surface area contributed by atoms with Crippen molar-refractivity contribution in [2.24, 2.45) is 0 Å². The molecular weight excluding hydrogens is 208 g/mol. The molecule has 0 fully saturated rings. The van der Waals surface area contributed by atoms with Crippen LogP contribution in [0.25, 0.3) is 5.57 Å². The molecule has 0 amide bonds. The normalized spacial score (nSPS) is 11.3. The molecular formula is C16H15O. The minimum Gasteiger partial charge on any atom is -0.497 e. The van der Waals surface area contributed by atoms with Crippen LogP contribution in [0.3, 0.4) is 0 Å². The Hall–Kier alpha value is -2.02. The van der Waals surface area contributed by atoms with Gasteiger partial charge < -0.3 is 4.74 Å². The molecule has 1 radical (unpaired) electrons. The summed E-state index contributed by atoms with van der Waals surface area (Å²) in [4.78, 5) is 0. The van der Waals surface area contributed by atoms with E-state index in [-0.39, 0.29) is 0 Å². The fourth-order valence-corrected chi connectivity index (χ4v) is 1.65. The summed E-state index contributed by atoms with van der Waals surface area (Å²) in [5, 5.41) is 0. The van der Waals surface area contributed by atoms with Gasteiger partial charge in [-0.2, -0.15) is 0 Å². The largest absolute Gasteiger partial charge is 0.497 e. The molecule has 1 nitrogen and oxygen atoms in total. The molecule has 0 unspecified atom stereocenters. The van der Waals surface area contributed by atoms with Gasteiger partial charge in [-0.1, -0.05) is 42.5 Å². The van der Waals surface area contributed by atoms with E-state index in [1.807, 2.05) is 42.5 Å². The summed E-state index contributed by atoms with van der Waals surface area (Å²) in [7, 11) is 1.67. The van der Waals surface area contributed by atoms with E-state index < -0.39 is 0 Å². The van der Waals surface area contributed by atoms with Gasteiger partial charge in [-0.15, -0.1) is 0 Å². The Kier molecular flexibility index (Phi) is 3.61. The molecule has 2 aromatic carbocycles. The molecule has 0 atom stereocenters. The van der Waals surface area contributed by atoms with Gasteiger partial charge in [0.1, 0.15) is 5.75 Å². The first-order chi connectivity index (χ1) is 8.29. The number of rotatable bonds is 3. The first-order valence-corrected chi connectivity index (χ1v) is 5.59. The van der Waals surface area contributed by atoms with Crippen LogP contribution < -0.4 is 4.74 Å². The Balaban J connectivity index is 2.23. The highest BCUT2D eigenvalue weighted by molar-refractivity contribution is 5.64. The zero-order chi connectivity index (χ0) is 12.1. The van der Waals surface area contributed by atoms with Gasteiger partial charge in [-0.3, -0.25) is 0 Å². The molecule has 2 aromatic rings. The van der Waals surface area contributed by atoms with Crippen LogP contribution >= 0.6 is 0 Å². The van der Waals surface area contributed by atoms with Crippen molar-refractivity contribution in [3.8, 4) is 5.75 Å². The summed E-state index contributed by atoms with van der Waals surface area (Å²) in [6.45, 7) is 2.07. The van der Waals surface area contributed by atoms with Crippen LogP contribution in [-0.4, -0.2) is 7.11 Å². The third-order valence-electron chi connectivity index (χ3n) is 2.63. The maximum atomic E-state index is 5.12. The molecule has 2 rings (SSSR count). The fourth-order valence-electron chi connectivity index (χ4n) is 1.65. The summed E-state index contributed by atoms with van der Waals surface area (Å²) in [5.41, 5.74) is 3.39. The van der Waals surface area contributed by atoms with Crippen LogP contribution in [0.15, 0.2) is 54.6 Å². The minimum atomic E-state index is 0.868. The zero-order valence-corrected chi connectivity index (χ0v) is 10.1. The maximum Gasteiger partial charge on any atom is 0.118 e. The van der Waals surface area contributed by atoms with E-state index in [0.29, 0.717) is 0 Å². The van der Waals surface area contributed by atoms with Crippen molar-refractivity contribution in [1.29, 1.82) is 0 Å². The first-order valence-electron chi connectivity index (χ1n) is 5.59. The average molecular weight is 223 g/mol. The Labute approximate surface area is 102 Å². The second-order valence-electron chi connectivity index (χ2n) is 3.84. The summed E-state index contributed by atoms with van der Waals surface area (Å²) >= 11 is 0. The van der Waals surface area contributed by atoms with Gasteiger partial charge in [0, 0.05) is 0 Å². The lowest BCUT2D eigenvalue weighted by Gasteiger charge is -2.02. The molecule has 0 aliphatic heterocycles. The third-order valence-corrected chi connectivity index (χ3v) is 2.63. The lowest BCUT2D eigenvalue weighted by molar-refractivity contribution is 0.415. The van der Waals surface area contributed by atoms with E-state index in [0.717, 1.165) is 16.9 Å². The van der Waals surface area contributed by atoms with Gasteiger partial charge in [0.2, 0.25) is 0 Å². The van der Waals surface area contributed by atoms with Crippen molar-refractivity contribution >= 4 is 5.57 Å². The second-order valence-corrected chi connectivity index (χ2v) is 3.84. The van der Waals surface area contributed by atoms with Crippen molar-refractivity contribution < 1.29 is 4.74 Å². The molecule has 0 saturated carbocycles. The van der Waals surface area contributed by atoms with Gasteiger partial charge in [0.15, 0.2) is 0 Å². The van der Waals surface area contributed by atoms with Crippen molar-refractivity contribution in [3.05, 3.63) is 71.8 Å². The van der Waals surface area contributed by atoms with Crippen LogP contribution in [0.4, 0.5) is 0 Å². The van der Waals surface area contributed by atoms with E-state index >= 15 is 0 Å². The van der Waals surface area contributed by atoms with Gasteiger partial charge >= 0.3 is 0 Å². The molecule has 1 heteroatoms. The molecule has 0 spiro atoms. The smallest absolute Gasteiger partial charge is 0.118 e. The number of hydrogen-bond acceptors (Lipinski definition) is 1.